The van der Waals surface area contributed by atoms with Gasteiger partial charge in [-0.15, -0.1) is 0 Å². The maximum Gasteiger partial charge on any atom is 0.224 e. The number of nitrogens with one attached hydrogen (secondary N) is 2. The van der Waals surface area contributed by atoms with E-state index in [4.69, 9.17) is 4.74 Å². The predicted molar refractivity (Wildman–Crippen MR) is 93.0 cm³/mol. The highest BCUT2D eigenvalue weighted by atomic mass is 16.5. The van der Waals surface area contributed by atoms with Crippen molar-refractivity contribution in [3.63, 3.8) is 0 Å². The second-order valence-corrected chi connectivity index (χ2v) is 7.25. The molecule has 1 amide bonds. The number of H-pyrrole nitrogens is 1. The van der Waals surface area contributed by atoms with Gasteiger partial charge < -0.3 is 10.1 Å². The van der Waals surface area contributed by atoms with Gasteiger partial charge in [-0.3, -0.25) is 14.8 Å². The molecule has 2 fully saturated rings. The van der Waals surface area contributed by atoms with E-state index in [1.165, 1.54) is 19.3 Å². The van der Waals surface area contributed by atoms with Crippen molar-refractivity contribution in [1.82, 2.24) is 20.4 Å². The second kappa shape index (κ2) is 7.66. The van der Waals surface area contributed by atoms with E-state index >= 15 is 0 Å². The Balaban J connectivity index is 1.61. The van der Waals surface area contributed by atoms with Crippen LogP contribution in [0.25, 0.3) is 0 Å². The number of nitrogens with zero attached hydrogens (tertiary/aromatic N) is 2. The molecule has 6 nitrogen and oxygen atoms in total. The Bertz CT molecular complexity index is 538. The third kappa shape index (κ3) is 3.81. The lowest BCUT2D eigenvalue weighted by Gasteiger charge is -2.48. The van der Waals surface area contributed by atoms with Gasteiger partial charge >= 0.3 is 0 Å². The number of aromatic amines is 1. The van der Waals surface area contributed by atoms with Crippen LogP contribution in [-0.2, 0) is 16.0 Å². The van der Waals surface area contributed by atoms with E-state index in [1.54, 1.807) is 0 Å². The Morgan fingerprint density at radius 3 is 2.58 bits per heavy atom. The largest absolute Gasteiger partial charge is 0.381 e. The van der Waals surface area contributed by atoms with Crippen molar-refractivity contribution in [1.29, 1.82) is 0 Å². The van der Waals surface area contributed by atoms with Crippen LogP contribution in [0.3, 0.4) is 0 Å². The lowest BCUT2D eigenvalue weighted by molar-refractivity contribution is -0.122. The first kappa shape index (κ1) is 17.4. The van der Waals surface area contributed by atoms with Crippen LogP contribution >= 0.6 is 0 Å². The number of amides is 1. The first-order valence-corrected chi connectivity index (χ1v) is 9.21. The fourth-order valence-electron chi connectivity index (χ4n) is 4.05. The lowest BCUT2D eigenvalue weighted by atomic mass is 9.86. The molecule has 0 unspecified atom stereocenters. The average Bonchev–Trinajstić information content (AvgIpc) is 2.93. The number of ether oxygens (including phenoxy) is 1. The van der Waals surface area contributed by atoms with Crippen molar-refractivity contribution in [2.45, 2.75) is 57.9 Å². The number of rotatable bonds is 5. The van der Waals surface area contributed by atoms with E-state index in [0.717, 1.165) is 62.6 Å². The molecule has 0 bridgehead atoms. The zero-order valence-corrected chi connectivity index (χ0v) is 15.0. The molecule has 24 heavy (non-hydrogen) atoms. The first-order valence-electron chi connectivity index (χ1n) is 9.21. The summed E-state index contributed by atoms with van der Waals surface area (Å²) in [5, 5.41) is 10.3. The minimum atomic E-state index is 0.0782. The van der Waals surface area contributed by atoms with E-state index in [9.17, 15) is 4.79 Å². The molecule has 2 saturated heterocycles. The molecule has 2 aliphatic rings. The van der Waals surface area contributed by atoms with Gasteiger partial charge in [-0.25, -0.2) is 0 Å². The van der Waals surface area contributed by atoms with Crippen LogP contribution in [0.5, 0.6) is 0 Å². The number of hydrogen-bond acceptors (Lipinski definition) is 4. The van der Waals surface area contributed by atoms with E-state index < -0.39 is 0 Å². The monoisotopic (exact) mass is 334 g/mol. The molecule has 1 aromatic rings. The Morgan fingerprint density at radius 1 is 1.25 bits per heavy atom. The third-order valence-corrected chi connectivity index (χ3v) is 5.68. The maximum absolute atomic E-state index is 12.5. The molecule has 3 heterocycles. The number of likely N-dealkylation sites (tertiary alicyclic amines) is 1. The Hall–Kier alpha value is -1.40. The number of hydrogen-bond donors (Lipinski definition) is 2. The molecule has 6 heteroatoms. The van der Waals surface area contributed by atoms with Crippen LogP contribution in [0.2, 0.25) is 0 Å². The summed E-state index contributed by atoms with van der Waals surface area (Å²) in [6.07, 6.45) is 6.29. The van der Waals surface area contributed by atoms with Crippen molar-refractivity contribution >= 4 is 5.91 Å². The molecule has 2 aliphatic heterocycles. The normalized spacial score (nSPS) is 21.6. The molecule has 0 radical (unpaired) electrons. The van der Waals surface area contributed by atoms with Crippen LogP contribution in [-0.4, -0.2) is 59.4 Å². The van der Waals surface area contributed by atoms with Crippen LogP contribution in [0, 0.1) is 13.8 Å². The van der Waals surface area contributed by atoms with Crippen molar-refractivity contribution in [3.8, 4) is 0 Å². The summed E-state index contributed by atoms with van der Waals surface area (Å²) in [6, 6.07) is 0. The van der Waals surface area contributed by atoms with Crippen molar-refractivity contribution in [3.05, 3.63) is 17.0 Å². The molecule has 3 rings (SSSR count). The summed E-state index contributed by atoms with van der Waals surface area (Å²) in [4.78, 5) is 15.1. The van der Waals surface area contributed by atoms with E-state index in [0.29, 0.717) is 6.42 Å². The van der Waals surface area contributed by atoms with Crippen molar-refractivity contribution < 1.29 is 9.53 Å². The molecule has 0 aliphatic carbocycles. The Kier molecular flexibility index (Phi) is 5.56. The summed E-state index contributed by atoms with van der Waals surface area (Å²) >= 11 is 0. The molecular formula is C18H30N4O2. The molecule has 134 valence electrons. The molecule has 2 N–H and O–H groups in total. The van der Waals surface area contributed by atoms with E-state index in [2.05, 4.69) is 20.4 Å². The number of piperidine rings is 1. The quantitative estimate of drug-likeness (QED) is 0.860. The standard InChI is InChI=1S/C18H30N4O2/c1-14-16(15(2)21-20-14)12-17(23)19-13-18(6-10-24-11-7-18)22-8-4-3-5-9-22/h3-13H2,1-2H3,(H,19,23)(H,20,21). The van der Waals surface area contributed by atoms with Crippen LogP contribution < -0.4 is 5.32 Å². The van der Waals surface area contributed by atoms with E-state index in [-0.39, 0.29) is 11.4 Å². The van der Waals surface area contributed by atoms with Gasteiger partial charge in [0, 0.05) is 36.6 Å². The van der Waals surface area contributed by atoms with Crippen molar-refractivity contribution in [2.75, 3.05) is 32.8 Å². The predicted octanol–water partition coefficient (Wildman–Crippen LogP) is 1.72. The van der Waals surface area contributed by atoms with E-state index in [1.807, 2.05) is 13.8 Å². The fourth-order valence-corrected chi connectivity index (χ4v) is 4.05. The van der Waals surface area contributed by atoms with Gasteiger partial charge in [0.2, 0.25) is 5.91 Å². The summed E-state index contributed by atoms with van der Waals surface area (Å²) in [7, 11) is 0. The maximum atomic E-state index is 12.5. The van der Waals surface area contributed by atoms with Crippen LogP contribution in [0.15, 0.2) is 0 Å². The topological polar surface area (TPSA) is 70.2 Å². The number of aromatic nitrogens is 2. The minimum Gasteiger partial charge on any atom is -0.381 e. The summed E-state index contributed by atoms with van der Waals surface area (Å²) in [5.41, 5.74) is 3.00. The number of aryl methyl sites for hydroxylation is 2. The van der Waals surface area contributed by atoms with Crippen molar-refractivity contribution in [2.24, 2.45) is 0 Å². The summed E-state index contributed by atoms with van der Waals surface area (Å²) in [6.45, 7) is 8.53. The highest BCUT2D eigenvalue weighted by Gasteiger charge is 2.39. The summed E-state index contributed by atoms with van der Waals surface area (Å²) < 4.78 is 5.59. The van der Waals surface area contributed by atoms with Gasteiger partial charge in [0.15, 0.2) is 0 Å². The third-order valence-electron chi connectivity index (χ3n) is 5.68. The molecule has 0 saturated carbocycles. The van der Waals surface area contributed by atoms with Crippen LogP contribution in [0.4, 0.5) is 0 Å². The second-order valence-electron chi connectivity index (χ2n) is 7.25. The first-order chi connectivity index (χ1) is 11.6. The van der Waals surface area contributed by atoms with Gasteiger partial charge in [-0.05, 0) is 52.6 Å². The molecule has 0 spiro atoms. The molecule has 1 aromatic heterocycles. The van der Waals surface area contributed by atoms with Gasteiger partial charge in [-0.1, -0.05) is 6.42 Å². The summed E-state index contributed by atoms with van der Waals surface area (Å²) in [5.74, 6) is 0.0884. The van der Waals surface area contributed by atoms with Gasteiger partial charge in [0.05, 0.1) is 12.1 Å². The Morgan fingerprint density at radius 2 is 1.96 bits per heavy atom. The number of carbonyl (C=O) groups is 1. The zero-order chi connectivity index (χ0) is 17.0. The Labute approximate surface area is 144 Å². The van der Waals surface area contributed by atoms with Crippen LogP contribution in [0.1, 0.15) is 49.1 Å². The van der Waals surface area contributed by atoms with Gasteiger partial charge in [-0.2, -0.15) is 5.10 Å². The zero-order valence-electron chi connectivity index (χ0n) is 15.0. The molecule has 0 aromatic carbocycles. The average molecular weight is 334 g/mol. The van der Waals surface area contributed by atoms with Gasteiger partial charge in [0.1, 0.15) is 0 Å². The number of carbonyl (C=O) groups excluding carboxylic acids is 1. The molecular weight excluding hydrogens is 304 g/mol. The highest BCUT2D eigenvalue weighted by molar-refractivity contribution is 5.79. The lowest BCUT2D eigenvalue weighted by Crippen LogP contribution is -2.59. The molecule has 0 atom stereocenters. The highest BCUT2D eigenvalue weighted by Crippen LogP contribution is 2.30. The fraction of sp³-hybridized carbons (Fsp3) is 0.778. The minimum absolute atomic E-state index is 0.0782. The van der Waals surface area contributed by atoms with Gasteiger partial charge in [0.25, 0.3) is 0 Å². The SMILES string of the molecule is Cc1n[nH]c(C)c1CC(=O)NCC1(N2CCCCC2)CCOCC1. The smallest absolute Gasteiger partial charge is 0.224 e.